The first-order valence-electron chi connectivity index (χ1n) is 7.62. The molecule has 0 spiro atoms. The maximum Gasteiger partial charge on any atom is 0.339 e. The van der Waals surface area contributed by atoms with Gasteiger partial charge in [-0.3, -0.25) is 0 Å². The number of carbonyl (C=O) groups is 1. The molecule has 0 saturated carbocycles. The molecule has 1 N–H and O–H groups in total. The molecule has 0 atom stereocenters. The standard InChI is InChI=1S/C20H15NO3/c1-23-20(22)15-8-2-4-10-16(15)21-17-11-6-9-14-13-7-3-5-12-18(13)24-19(14)17/h2-12,21H,1H3. The van der Waals surface area contributed by atoms with E-state index in [9.17, 15) is 4.79 Å². The van der Waals surface area contributed by atoms with Crippen molar-refractivity contribution in [3.05, 3.63) is 72.3 Å². The lowest BCUT2D eigenvalue weighted by Crippen LogP contribution is -2.05. The molecule has 0 amide bonds. The highest BCUT2D eigenvalue weighted by atomic mass is 16.5. The van der Waals surface area contributed by atoms with E-state index in [1.165, 1.54) is 7.11 Å². The first kappa shape index (κ1) is 14.3. The number of methoxy groups -OCH3 is 1. The van der Waals surface area contributed by atoms with Gasteiger partial charge in [0.2, 0.25) is 0 Å². The van der Waals surface area contributed by atoms with Crippen LogP contribution in [0.1, 0.15) is 10.4 Å². The van der Waals surface area contributed by atoms with Crippen LogP contribution in [0.3, 0.4) is 0 Å². The Labute approximate surface area is 138 Å². The second kappa shape index (κ2) is 5.74. The summed E-state index contributed by atoms with van der Waals surface area (Å²) in [6.07, 6.45) is 0. The predicted octanol–water partition coefficient (Wildman–Crippen LogP) is 5.12. The summed E-state index contributed by atoms with van der Waals surface area (Å²) in [5.41, 5.74) is 3.56. The van der Waals surface area contributed by atoms with Crippen LogP contribution in [0.4, 0.5) is 11.4 Å². The second-order valence-electron chi connectivity index (χ2n) is 5.44. The molecule has 4 nitrogen and oxygen atoms in total. The van der Waals surface area contributed by atoms with E-state index in [1.54, 1.807) is 12.1 Å². The highest BCUT2D eigenvalue weighted by Gasteiger charge is 2.14. The van der Waals surface area contributed by atoms with Gasteiger partial charge in [-0.2, -0.15) is 0 Å². The lowest BCUT2D eigenvalue weighted by atomic mass is 10.1. The molecule has 0 fully saturated rings. The van der Waals surface area contributed by atoms with Crippen LogP contribution < -0.4 is 5.32 Å². The van der Waals surface area contributed by atoms with Gasteiger partial charge in [-0.15, -0.1) is 0 Å². The summed E-state index contributed by atoms with van der Waals surface area (Å²) in [5, 5.41) is 5.40. The summed E-state index contributed by atoms with van der Waals surface area (Å²) < 4.78 is 10.9. The molecule has 3 aromatic carbocycles. The Kier molecular flexibility index (Phi) is 3.43. The van der Waals surface area contributed by atoms with E-state index < -0.39 is 0 Å². The van der Waals surface area contributed by atoms with E-state index in [0.29, 0.717) is 11.3 Å². The minimum absolute atomic E-state index is 0.380. The normalized spacial score (nSPS) is 10.9. The van der Waals surface area contributed by atoms with Crippen LogP contribution in [0.15, 0.2) is 71.1 Å². The van der Waals surface area contributed by atoms with Crippen LogP contribution >= 0.6 is 0 Å². The number of esters is 1. The summed E-state index contributed by atoms with van der Waals surface area (Å²) >= 11 is 0. The summed E-state index contributed by atoms with van der Waals surface area (Å²) in [6.45, 7) is 0. The third kappa shape index (κ3) is 2.29. The summed E-state index contributed by atoms with van der Waals surface area (Å²) in [6, 6.07) is 21.1. The minimum atomic E-state index is -0.380. The molecule has 0 aliphatic carbocycles. The molecule has 24 heavy (non-hydrogen) atoms. The van der Waals surface area contributed by atoms with Crippen molar-refractivity contribution < 1.29 is 13.9 Å². The SMILES string of the molecule is COC(=O)c1ccccc1Nc1cccc2c1oc1ccccc12. The summed E-state index contributed by atoms with van der Waals surface area (Å²) in [5.74, 6) is -0.380. The molecule has 0 unspecified atom stereocenters. The minimum Gasteiger partial charge on any atom is -0.465 e. The molecule has 1 aromatic heterocycles. The Morgan fingerprint density at radius 2 is 1.58 bits per heavy atom. The third-order valence-electron chi connectivity index (χ3n) is 4.01. The summed E-state index contributed by atoms with van der Waals surface area (Å²) in [4.78, 5) is 11.9. The van der Waals surface area contributed by atoms with Crippen molar-refractivity contribution in [2.75, 3.05) is 12.4 Å². The van der Waals surface area contributed by atoms with Crippen LogP contribution in [0.2, 0.25) is 0 Å². The van der Waals surface area contributed by atoms with Gasteiger partial charge in [-0.05, 0) is 24.3 Å². The molecule has 4 heteroatoms. The van der Waals surface area contributed by atoms with Gasteiger partial charge in [0.15, 0.2) is 5.58 Å². The Balaban J connectivity index is 1.85. The highest BCUT2D eigenvalue weighted by molar-refractivity contribution is 6.09. The Morgan fingerprint density at radius 3 is 2.46 bits per heavy atom. The molecule has 1 heterocycles. The number of benzene rings is 3. The van der Waals surface area contributed by atoms with E-state index in [0.717, 1.165) is 27.6 Å². The van der Waals surface area contributed by atoms with E-state index in [2.05, 4.69) is 5.32 Å². The highest BCUT2D eigenvalue weighted by Crippen LogP contribution is 2.35. The average molecular weight is 317 g/mol. The van der Waals surface area contributed by atoms with E-state index in [-0.39, 0.29) is 5.97 Å². The molecule has 4 rings (SSSR count). The van der Waals surface area contributed by atoms with Crippen molar-refractivity contribution in [3.63, 3.8) is 0 Å². The fourth-order valence-corrected chi connectivity index (χ4v) is 2.87. The topological polar surface area (TPSA) is 51.5 Å². The van der Waals surface area contributed by atoms with Crippen molar-refractivity contribution in [2.24, 2.45) is 0 Å². The van der Waals surface area contributed by atoms with Crippen LogP contribution in [-0.4, -0.2) is 13.1 Å². The van der Waals surface area contributed by atoms with Gasteiger partial charge in [-0.25, -0.2) is 4.79 Å². The lowest BCUT2D eigenvalue weighted by molar-refractivity contribution is 0.0602. The van der Waals surface area contributed by atoms with Gasteiger partial charge in [0.1, 0.15) is 5.58 Å². The molecule has 0 saturated heterocycles. The molecule has 0 aliphatic heterocycles. The third-order valence-corrected chi connectivity index (χ3v) is 4.01. The van der Waals surface area contributed by atoms with Gasteiger partial charge >= 0.3 is 5.97 Å². The maximum atomic E-state index is 11.9. The van der Waals surface area contributed by atoms with Gasteiger partial charge < -0.3 is 14.5 Å². The Bertz CT molecular complexity index is 1050. The zero-order chi connectivity index (χ0) is 16.5. The van der Waals surface area contributed by atoms with Gasteiger partial charge in [0.05, 0.1) is 24.0 Å². The average Bonchev–Trinajstić information content (AvgIpc) is 3.01. The number of hydrogen-bond acceptors (Lipinski definition) is 4. The van der Waals surface area contributed by atoms with Crippen molar-refractivity contribution >= 4 is 39.3 Å². The molecule has 0 aliphatic rings. The van der Waals surface area contributed by atoms with E-state index in [1.807, 2.05) is 54.6 Å². The van der Waals surface area contributed by atoms with Crippen molar-refractivity contribution in [1.82, 2.24) is 0 Å². The molecule has 0 radical (unpaired) electrons. The molecule has 4 aromatic rings. The monoisotopic (exact) mass is 317 g/mol. The zero-order valence-electron chi connectivity index (χ0n) is 13.1. The van der Waals surface area contributed by atoms with Gasteiger partial charge in [0.25, 0.3) is 0 Å². The lowest BCUT2D eigenvalue weighted by Gasteiger charge is -2.10. The van der Waals surface area contributed by atoms with Crippen LogP contribution in [0.5, 0.6) is 0 Å². The zero-order valence-corrected chi connectivity index (χ0v) is 13.1. The van der Waals surface area contributed by atoms with E-state index >= 15 is 0 Å². The Hall–Kier alpha value is -3.27. The largest absolute Gasteiger partial charge is 0.465 e. The fraction of sp³-hybridized carbons (Fsp3) is 0.0500. The Morgan fingerprint density at radius 1 is 0.875 bits per heavy atom. The predicted molar refractivity (Wildman–Crippen MR) is 94.8 cm³/mol. The van der Waals surface area contributed by atoms with Crippen LogP contribution in [0, 0.1) is 0 Å². The first-order valence-corrected chi connectivity index (χ1v) is 7.62. The molecule has 118 valence electrons. The molecular formula is C20H15NO3. The maximum absolute atomic E-state index is 11.9. The van der Waals surface area contributed by atoms with Gasteiger partial charge in [0, 0.05) is 10.8 Å². The number of furan rings is 1. The number of hydrogen-bond donors (Lipinski definition) is 1. The number of carbonyl (C=O) groups excluding carboxylic acids is 1. The molecular weight excluding hydrogens is 302 g/mol. The van der Waals surface area contributed by atoms with Crippen molar-refractivity contribution in [1.29, 1.82) is 0 Å². The summed E-state index contributed by atoms with van der Waals surface area (Å²) in [7, 11) is 1.37. The van der Waals surface area contributed by atoms with E-state index in [4.69, 9.17) is 9.15 Å². The van der Waals surface area contributed by atoms with Crippen molar-refractivity contribution in [3.8, 4) is 0 Å². The number of nitrogens with one attached hydrogen (secondary N) is 1. The second-order valence-corrected chi connectivity index (χ2v) is 5.44. The quantitative estimate of drug-likeness (QED) is 0.533. The van der Waals surface area contributed by atoms with Crippen molar-refractivity contribution in [2.45, 2.75) is 0 Å². The number of para-hydroxylation sites is 3. The number of rotatable bonds is 3. The smallest absolute Gasteiger partial charge is 0.339 e. The first-order chi connectivity index (χ1) is 11.8. The fourth-order valence-electron chi connectivity index (χ4n) is 2.87. The van der Waals surface area contributed by atoms with Gasteiger partial charge in [-0.1, -0.05) is 42.5 Å². The number of anilines is 2. The molecule has 0 bridgehead atoms. The van der Waals surface area contributed by atoms with Crippen LogP contribution in [-0.2, 0) is 4.74 Å². The number of ether oxygens (including phenoxy) is 1. The van der Waals surface area contributed by atoms with Crippen LogP contribution in [0.25, 0.3) is 21.9 Å². The number of fused-ring (bicyclic) bond motifs is 3.